The summed E-state index contributed by atoms with van der Waals surface area (Å²) in [6, 6.07) is 8.93. The molecule has 0 unspecified atom stereocenters. The van der Waals surface area contributed by atoms with Gasteiger partial charge >= 0.3 is 0 Å². The lowest BCUT2D eigenvalue weighted by Crippen LogP contribution is -2.14. The summed E-state index contributed by atoms with van der Waals surface area (Å²) in [5, 5.41) is 0. The zero-order valence-electron chi connectivity index (χ0n) is 15.8. The van der Waals surface area contributed by atoms with Gasteiger partial charge in [0, 0.05) is 5.69 Å². The third kappa shape index (κ3) is 4.21. The summed E-state index contributed by atoms with van der Waals surface area (Å²) in [6.07, 6.45) is 0. The SMILES string of the molecule is Cc1cc(C)c(S(=O)(=O)c2ccccc2C(C)C)c(OCC(C)C)n1. The van der Waals surface area contributed by atoms with E-state index >= 15 is 0 Å². The molecule has 0 saturated carbocycles. The van der Waals surface area contributed by atoms with Crippen LogP contribution in [0.1, 0.15) is 50.4 Å². The first-order valence-corrected chi connectivity index (χ1v) is 10.1. The lowest BCUT2D eigenvalue weighted by molar-refractivity contribution is 0.253. The number of rotatable bonds is 6. The summed E-state index contributed by atoms with van der Waals surface area (Å²) in [7, 11) is -3.73. The molecule has 0 radical (unpaired) electrons. The van der Waals surface area contributed by atoms with Crippen molar-refractivity contribution in [1.82, 2.24) is 4.98 Å². The number of ether oxygens (including phenoxy) is 1. The molecular formula is C20H27NO3S. The van der Waals surface area contributed by atoms with Crippen LogP contribution in [0.25, 0.3) is 0 Å². The number of benzene rings is 1. The van der Waals surface area contributed by atoms with Crippen LogP contribution in [-0.4, -0.2) is 20.0 Å². The van der Waals surface area contributed by atoms with E-state index < -0.39 is 9.84 Å². The number of hydrogen-bond donors (Lipinski definition) is 0. The van der Waals surface area contributed by atoms with Gasteiger partial charge in [0.2, 0.25) is 15.7 Å². The molecule has 0 amide bonds. The lowest BCUT2D eigenvalue weighted by Gasteiger charge is -2.18. The molecule has 1 aromatic heterocycles. The second-order valence-corrected chi connectivity index (χ2v) is 8.97. The van der Waals surface area contributed by atoms with Crippen LogP contribution in [0.2, 0.25) is 0 Å². The summed E-state index contributed by atoms with van der Waals surface area (Å²) >= 11 is 0. The second-order valence-electron chi connectivity index (χ2n) is 7.12. The number of sulfone groups is 1. The van der Waals surface area contributed by atoms with Gasteiger partial charge < -0.3 is 4.74 Å². The predicted octanol–water partition coefficient (Wildman–Crippen LogP) is 4.69. The third-order valence-electron chi connectivity index (χ3n) is 3.91. The van der Waals surface area contributed by atoms with Crippen LogP contribution < -0.4 is 4.74 Å². The predicted molar refractivity (Wildman–Crippen MR) is 100 cm³/mol. The first-order chi connectivity index (χ1) is 11.6. The van der Waals surface area contributed by atoms with E-state index in [0.29, 0.717) is 17.1 Å². The van der Waals surface area contributed by atoms with Crippen molar-refractivity contribution in [2.24, 2.45) is 5.92 Å². The highest BCUT2D eigenvalue weighted by molar-refractivity contribution is 7.91. The minimum Gasteiger partial charge on any atom is -0.476 e. The van der Waals surface area contributed by atoms with Gasteiger partial charge in [0.1, 0.15) is 4.90 Å². The molecule has 0 aliphatic carbocycles. The van der Waals surface area contributed by atoms with Crippen LogP contribution in [0, 0.1) is 19.8 Å². The molecule has 0 fully saturated rings. The average Bonchev–Trinajstić information content (AvgIpc) is 2.51. The summed E-state index contributed by atoms with van der Waals surface area (Å²) in [5.74, 6) is 0.579. The molecule has 5 heteroatoms. The van der Waals surface area contributed by atoms with Gasteiger partial charge in [0.25, 0.3) is 0 Å². The summed E-state index contributed by atoms with van der Waals surface area (Å²) in [4.78, 5) is 4.87. The minimum atomic E-state index is -3.73. The number of aryl methyl sites for hydroxylation is 2. The standard InChI is InChI=1S/C20H27NO3S/c1-13(2)12-24-20-19(15(5)11-16(6)21-20)25(22,23)18-10-8-7-9-17(18)14(3)4/h7-11,13-14H,12H2,1-6H3. The fourth-order valence-corrected chi connectivity index (χ4v) is 4.68. The Morgan fingerprint density at radius 2 is 1.72 bits per heavy atom. The molecule has 136 valence electrons. The van der Waals surface area contributed by atoms with Gasteiger partial charge in [0.15, 0.2) is 0 Å². The molecule has 0 saturated heterocycles. The molecular weight excluding hydrogens is 334 g/mol. The van der Waals surface area contributed by atoms with Crippen LogP contribution in [0.5, 0.6) is 5.88 Å². The highest BCUT2D eigenvalue weighted by atomic mass is 32.2. The van der Waals surface area contributed by atoms with Crippen molar-refractivity contribution in [3.05, 3.63) is 47.2 Å². The first-order valence-electron chi connectivity index (χ1n) is 8.59. The van der Waals surface area contributed by atoms with E-state index in [1.165, 1.54) is 0 Å². The Morgan fingerprint density at radius 3 is 2.32 bits per heavy atom. The van der Waals surface area contributed by atoms with Gasteiger partial charge in [-0.15, -0.1) is 0 Å². The largest absolute Gasteiger partial charge is 0.476 e. The quantitative estimate of drug-likeness (QED) is 0.749. The maximum atomic E-state index is 13.4. The zero-order valence-corrected chi connectivity index (χ0v) is 16.6. The van der Waals surface area contributed by atoms with Crippen molar-refractivity contribution in [2.45, 2.75) is 57.3 Å². The van der Waals surface area contributed by atoms with Crippen molar-refractivity contribution in [3.63, 3.8) is 0 Å². The Hall–Kier alpha value is -1.88. The number of hydrogen-bond acceptors (Lipinski definition) is 4. The van der Waals surface area contributed by atoms with E-state index in [9.17, 15) is 8.42 Å². The van der Waals surface area contributed by atoms with Gasteiger partial charge in [-0.1, -0.05) is 45.9 Å². The van der Waals surface area contributed by atoms with Crippen LogP contribution in [-0.2, 0) is 9.84 Å². The van der Waals surface area contributed by atoms with Gasteiger partial charge in [-0.25, -0.2) is 13.4 Å². The monoisotopic (exact) mass is 361 g/mol. The molecule has 0 bridgehead atoms. The van der Waals surface area contributed by atoms with E-state index in [-0.39, 0.29) is 22.6 Å². The molecule has 0 aliphatic rings. The lowest BCUT2D eigenvalue weighted by atomic mass is 10.0. The van der Waals surface area contributed by atoms with Crippen molar-refractivity contribution in [3.8, 4) is 5.88 Å². The summed E-state index contributed by atoms with van der Waals surface area (Å²) < 4.78 is 32.7. The molecule has 2 aromatic rings. The maximum absolute atomic E-state index is 13.4. The van der Waals surface area contributed by atoms with Gasteiger partial charge in [-0.2, -0.15) is 0 Å². The van der Waals surface area contributed by atoms with E-state index in [1.54, 1.807) is 25.1 Å². The van der Waals surface area contributed by atoms with Crippen molar-refractivity contribution < 1.29 is 13.2 Å². The Balaban J connectivity index is 2.68. The Kier molecular flexibility index (Phi) is 5.88. The van der Waals surface area contributed by atoms with E-state index in [0.717, 1.165) is 11.3 Å². The molecule has 1 aromatic carbocycles. The molecule has 0 aliphatic heterocycles. The van der Waals surface area contributed by atoms with E-state index in [1.807, 2.05) is 46.8 Å². The Bertz CT molecular complexity index is 855. The summed E-state index contributed by atoms with van der Waals surface area (Å²) in [6.45, 7) is 12.1. The van der Waals surface area contributed by atoms with Crippen LogP contribution >= 0.6 is 0 Å². The van der Waals surface area contributed by atoms with Crippen LogP contribution in [0.3, 0.4) is 0 Å². The molecule has 0 atom stereocenters. The fraction of sp³-hybridized carbons (Fsp3) is 0.450. The first kappa shape index (κ1) is 19.4. The smallest absolute Gasteiger partial charge is 0.233 e. The molecule has 1 heterocycles. The zero-order chi connectivity index (χ0) is 18.8. The fourth-order valence-electron chi connectivity index (χ4n) is 2.77. The van der Waals surface area contributed by atoms with Gasteiger partial charge in [-0.05, 0) is 48.9 Å². The number of nitrogens with zero attached hydrogens (tertiary/aromatic N) is 1. The highest BCUT2D eigenvalue weighted by Crippen LogP contribution is 2.35. The number of aromatic nitrogens is 1. The molecule has 25 heavy (non-hydrogen) atoms. The molecule has 0 spiro atoms. The average molecular weight is 362 g/mol. The van der Waals surface area contributed by atoms with E-state index in [4.69, 9.17) is 4.74 Å². The summed E-state index contributed by atoms with van der Waals surface area (Å²) in [5.41, 5.74) is 2.20. The third-order valence-corrected chi connectivity index (χ3v) is 5.89. The highest BCUT2D eigenvalue weighted by Gasteiger charge is 2.29. The minimum absolute atomic E-state index is 0.102. The van der Waals surface area contributed by atoms with Crippen molar-refractivity contribution in [2.75, 3.05) is 6.61 Å². The van der Waals surface area contributed by atoms with Crippen LogP contribution in [0.15, 0.2) is 40.1 Å². The normalized spacial score (nSPS) is 12.0. The van der Waals surface area contributed by atoms with Crippen molar-refractivity contribution >= 4 is 9.84 Å². The Morgan fingerprint density at radius 1 is 1.08 bits per heavy atom. The topological polar surface area (TPSA) is 56.3 Å². The maximum Gasteiger partial charge on any atom is 0.233 e. The van der Waals surface area contributed by atoms with Gasteiger partial charge in [-0.3, -0.25) is 0 Å². The van der Waals surface area contributed by atoms with E-state index in [2.05, 4.69) is 4.98 Å². The molecule has 2 rings (SSSR count). The molecule has 0 N–H and O–H groups in total. The second kappa shape index (κ2) is 7.56. The van der Waals surface area contributed by atoms with Gasteiger partial charge in [0.05, 0.1) is 11.5 Å². The number of pyridine rings is 1. The van der Waals surface area contributed by atoms with Crippen LogP contribution in [0.4, 0.5) is 0 Å². The van der Waals surface area contributed by atoms with Crippen molar-refractivity contribution in [1.29, 1.82) is 0 Å². The molecule has 4 nitrogen and oxygen atoms in total. The Labute approximate surface area is 151 Å².